The Hall–Kier alpha value is -1.52. The summed E-state index contributed by atoms with van der Waals surface area (Å²) in [6, 6.07) is 14.4. The van der Waals surface area contributed by atoms with Crippen molar-refractivity contribution in [2.24, 2.45) is 0 Å². The van der Waals surface area contributed by atoms with Crippen LogP contribution in [0, 0.1) is 0 Å². The van der Waals surface area contributed by atoms with E-state index in [4.69, 9.17) is 11.6 Å². The summed E-state index contributed by atoms with van der Waals surface area (Å²) >= 11 is 5.83. The standard InChI is InChI=1S/C16H18ClNO2S/c1-3-14-10-9-13(12-17)11-16(14)21(19,20)18(2)15-7-5-4-6-8-15/h4-11H,3,12H2,1-2H3. The van der Waals surface area contributed by atoms with Crippen molar-refractivity contribution in [2.45, 2.75) is 24.1 Å². The van der Waals surface area contributed by atoms with Crippen molar-refractivity contribution in [1.29, 1.82) is 0 Å². The molecule has 0 unspecified atom stereocenters. The van der Waals surface area contributed by atoms with E-state index in [1.807, 2.05) is 37.3 Å². The number of benzene rings is 2. The van der Waals surface area contributed by atoms with Gasteiger partial charge in [0.2, 0.25) is 0 Å². The van der Waals surface area contributed by atoms with Crippen LogP contribution in [0.4, 0.5) is 5.69 Å². The number of rotatable bonds is 5. The molecule has 0 saturated carbocycles. The predicted molar refractivity (Wildman–Crippen MR) is 87.4 cm³/mol. The molecule has 0 saturated heterocycles. The summed E-state index contributed by atoms with van der Waals surface area (Å²) in [5.41, 5.74) is 2.23. The van der Waals surface area contributed by atoms with Crippen molar-refractivity contribution >= 4 is 27.3 Å². The maximum atomic E-state index is 12.9. The highest BCUT2D eigenvalue weighted by molar-refractivity contribution is 7.92. The lowest BCUT2D eigenvalue weighted by atomic mass is 10.1. The molecule has 0 N–H and O–H groups in total. The lowest BCUT2D eigenvalue weighted by Gasteiger charge is -2.21. The van der Waals surface area contributed by atoms with Gasteiger partial charge in [0.1, 0.15) is 0 Å². The number of nitrogens with zero attached hydrogens (tertiary/aromatic N) is 1. The minimum absolute atomic E-state index is 0.293. The topological polar surface area (TPSA) is 37.4 Å². The minimum atomic E-state index is -3.59. The molecule has 21 heavy (non-hydrogen) atoms. The van der Waals surface area contributed by atoms with Gasteiger partial charge in [0.05, 0.1) is 10.6 Å². The van der Waals surface area contributed by atoms with Crippen molar-refractivity contribution in [2.75, 3.05) is 11.4 Å². The normalized spacial score (nSPS) is 11.4. The van der Waals surface area contributed by atoms with Gasteiger partial charge >= 0.3 is 0 Å². The van der Waals surface area contributed by atoms with E-state index in [0.717, 1.165) is 11.1 Å². The van der Waals surface area contributed by atoms with Crippen LogP contribution in [0.15, 0.2) is 53.4 Å². The third kappa shape index (κ3) is 3.22. The predicted octanol–water partition coefficient (Wildman–Crippen LogP) is 3.81. The monoisotopic (exact) mass is 323 g/mol. The first-order valence-corrected chi connectivity index (χ1v) is 8.70. The Morgan fingerprint density at radius 3 is 2.33 bits per heavy atom. The number of halogens is 1. The van der Waals surface area contributed by atoms with E-state index in [1.165, 1.54) is 4.31 Å². The Labute approximate surface area is 131 Å². The zero-order valence-corrected chi connectivity index (χ0v) is 13.7. The minimum Gasteiger partial charge on any atom is -0.269 e. The number of hydrogen-bond donors (Lipinski definition) is 0. The summed E-state index contributed by atoms with van der Waals surface area (Å²) in [6.07, 6.45) is 0.653. The van der Waals surface area contributed by atoms with E-state index in [0.29, 0.717) is 22.9 Å². The zero-order valence-electron chi connectivity index (χ0n) is 12.1. The number of anilines is 1. The second-order valence-corrected chi connectivity index (χ2v) is 6.94. The first kappa shape index (κ1) is 15.9. The van der Waals surface area contributed by atoms with Crippen LogP contribution in [-0.2, 0) is 22.3 Å². The summed E-state index contributed by atoms with van der Waals surface area (Å²) in [5, 5.41) is 0. The van der Waals surface area contributed by atoms with Gasteiger partial charge in [0.25, 0.3) is 10.0 Å². The highest BCUT2D eigenvalue weighted by Gasteiger charge is 2.24. The third-order valence-electron chi connectivity index (χ3n) is 3.43. The van der Waals surface area contributed by atoms with Crippen molar-refractivity contribution in [1.82, 2.24) is 0 Å². The van der Waals surface area contributed by atoms with Gasteiger partial charge in [-0.05, 0) is 35.7 Å². The van der Waals surface area contributed by atoms with Crippen LogP contribution in [0.1, 0.15) is 18.1 Å². The number of para-hydroxylation sites is 1. The van der Waals surface area contributed by atoms with E-state index < -0.39 is 10.0 Å². The first-order chi connectivity index (χ1) is 10.0. The van der Waals surface area contributed by atoms with Gasteiger partial charge in [0.15, 0.2) is 0 Å². The summed E-state index contributed by atoms with van der Waals surface area (Å²) in [5.74, 6) is 0.293. The van der Waals surface area contributed by atoms with Gasteiger partial charge < -0.3 is 0 Å². The molecule has 0 aromatic heterocycles. The molecule has 0 radical (unpaired) electrons. The molecule has 0 heterocycles. The molecule has 112 valence electrons. The van der Waals surface area contributed by atoms with Gasteiger partial charge in [-0.25, -0.2) is 8.42 Å². The van der Waals surface area contributed by atoms with Gasteiger partial charge in [-0.15, -0.1) is 11.6 Å². The second kappa shape index (κ2) is 6.50. The number of hydrogen-bond acceptors (Lipinski definition) is 2. The SMILES string of the molecule is CCc1ccc(CCl)cc1S(=O)(=O)N(C)c1ccccc1. The van der Waals surface area contributed by atoms with Crippen LogP contribution in [-0.4, -0.2) is 15.5 Å². The molecule has 0 fully saturated rings. The molecule has 5 heteroatoms. The average Bonchev–Trinajstić information content (AvgIpc) is 2.54. The average molecular weight is 324 g/mol. The Morgan fingerprint density at radius 2 is 1.76 bits per heavy atom. The first-order valence-electron chi connectivity index (χ1n) is 6.72. The van der Waals surface area contributed by atoms with Gasteiger partial charge in [-0.1, -0.05) is 37.3 Å². The van der Waals surface area contributed by atoms with E-state index in [2.05, 4.69) is 0 Å². The van der Waals surface area contributed by atoms with Crippen LogP contribution in [0.3, 0.4) is 0 Å². The Kier molecular flexibility index (Phi) is 4.91. The van der Waals surface area contributed by atoms with E-state index in [1.54, 1.807) is 25.2 Å². The fourth-order valence-electron chi connectivity index (χ4n) is 2.14. The highest BCUT2D eigenvalue weighted by Crippen LogP contribution is 2.26. The Bertz CT molecular complexity index is 714. The lowest BCUT2D eigenvalue weighted by Crippen LogP contribution is -2.27. The summed E-state index contributed by atoms with van der Waals surface area (Å²) in [6.45, 7) is 1.94. The molecular formula is C16H18ClNO2S. The van der Waals surface area contributed by atoms with Crippen molar-refractivity contribution < 1.29 is 8.42 Å². The molecule has 0 atom stereocenters. The summed E-state index contributed by atoms with van der Waals surface area (Å²) in [4.78, 5) is 0.328. The van der Waals surface area contributed by atoms with Crippen molar-refractivity contribution in [3.05, 3.63) is 59.7 Å². The molecular weight excluding hydrogens is 306 g/mol. The van der Waals surface area contributed by atoms with E-state index in [-0.39, 0.29) is 0 Å². The number of sulfonamides is 1. The van der Waals surface area contributed by atoms with Crippen LogP contribution < -0.4 is 4.31 Å². The maximum Gasteiger partial charge on any atom is 0.264 e. The third-order valence-corrected chi connectivity index (χ3v) is 5.60. The largest absolute Gasteiger partial charge is 0.269 e. The molecule has 2 rings (SSSR count). The molecule has 2 aromatic carbocycles. The Balaban J connectivity index is 2.53. The van der Waals surface area contributed by atoms with Gasteiger partial charge in [-0.2, -0.15) is 0 Å². The fraction of sp³-hybridized carbons (Fsp3) is 0.250. The number of aryl methyl sites for hydroxylation is 1. The summed E-state index contributed by atoms with van der Waals surface area (Å²) in [7, 11) is -2.03. The number of alkyl halides is 1. The van der Waals surface area contributed by atoms with E-state index >= 15 is 0 Å². The molecule has 0 bridgehead atoms. The smallest absolute Gasteiger partial charge is 0.264 e. The van der Waals surface area contributed by atoms with Crippen LogP contribution in [0.2, 0.25) is 0 Å². The van der Waals surface area contributed by atoms with E-state index in [9.17, 15) is 8.42 Å². The maximum absolute atomic E-state index is 12.9. The second-order valence-electron chi connectivity index (χ2n) is 4.74. The van der Waals surface area contributed by atoms with Crippen LogP contribution in [0.25, 0.3) is 0 Å². The van der Waals surface area contributed by atoms with Gasteiger partial charge in [-0.3, -0.25) is 4.31 Å². The summed E-state index contributed by atoms with van der Waals surface area (Å²) < 4.78 is 27.0. The van der Waals surface area contributed by atoms with Crippen LogP contribution >= 0.6 is 11.6 Å². The lowest BCUT2D eigenvalue weighted by molar-refractivity contribution is 0.593. The molecule has 0 aliphatic heterocycles. The van der Waals surface area contributed by atoms with Crippen molar-refractivity contribution in [3.8, 4) is 0 Å². The quantitative estimate of drug-likeness (QED) is 0.785. The molecule has 2 aromatic rings. The Morgan fingerprint density at radius 1 is 1.10 bits per heavy atom. The van der Waals surface area contributed by atoms with Gasteiger partial charge in [0, 0.05) is 12.9 Å². The fourth-order valence-corrected chi connectivity index (χ4v) is 3.84. The molecule has 3 nitrogen and oxygen atoms in total. The zero-order chi connectivity index (χ0) is 15.5. The molecule has 0 aliphatic carbocycles. The molecule has 0 spiro atoms. The van der Waals surface area contributed by atoms with Crippen LogP contribution in [0.5, 0.6) is 0 Å². The molecule has 0 amide bonds. The molecule has 0 aliphatic rings. The highest BCUT2D eigenvalue weighted by atomic mass is 35.5. The van der Waals surface area contributed by atoms with Crippen molar-refractivity contribution in [3.63, 3.8) is 0 Å².